The quantitative estimate of drug-likeness (QED) is 0.635. The Morgan fingerprint density at radius 2 is 2.04 bits per heavy atom. The topological polar surface area (TPSA) is 117 Å². The second-order valence-corrected chi connectivity index (χ2v) is 5.85. The number of fused-ring (bicyclic) bond motifs is 1. The molecule has 0 spiro atoms. The highest BCUT2D eigenvalue weighted by atomic mass is 32.2. The number of aromatic amines is 1. The van der Waals surface area contributed by atoms with Crippen LogP contribution >= 0.6 is 11.8 Å². The third-order valence-corrected chi connectivity index (χ3v) is 4.14. The van der Waals surface area contributed by atoms with Crippen molar-refractivity contribution >= 4 is 29.3 Å². The lowest BCUT2D eigenvalue weighted by Gasteiger charge is -2.08. The predicted octanol–water partition coefficient (Wildman–Crippen LogP) is 0.988. The van der Waals surface area contributed by atoms with E-state index in [1.54, 1.807) is 0 Å². The first-order chi connectivity index (χ1) is 11.6. The number of aliphatic carboxylic acids is 1. The lowest BCUT2D eigenvalue weighted by atomic mass is 10.2. The monoisotopic (exact) mass is 344 g/mol. The Balaban J connectivity index is 2.02. The molecule has 0 fully saturated rings. The fourth-order valence-electron chi connectivity index (χ4n) is 2.11. The van der Waals surface area contributed by atoms with E-state index in [1.165, 1.54) is 28.7 Å². The molecular formula is C15H12N4O4S. The van der Waals surface area contributed by atoms with E-state index >= 15 is 0 Å². The maximum Gasteiger partial charge on any atom is 0.322 e. The molecule has 24 heavy (non-hydrogen) atoms. The van der Waals surface area contributed by atoms with Gasteiger partial charge in [0.1, 0.15) is 23.5 Å². The van der Waals surface area contributed by atoms with Gasteiger partial charge in [0.2, 0.25) is 0 Å². The molecule has 1 aromatic carbocycles. The number of nitrogens with one attached hydrogen (secondary N) is 2. The van der Waals surface area contributed by atoms with Crippen molar-refractivity contribution in [1.29, 1.82) is 0 Å². The summed E-state index contributed by atoms with van der Waals surface area (Å²) in [4.78, 5) is 39.9. The van der Waals surface area contributed by atoms with E-state index in [0.29, 0.717) is 5.03 Å². The van der Waals surface area contributed by atoms with Crippen LogP contribution in [0.3, 0.4) is 0 Å². The molecule has 0 bridgehead atoms. The van der Waals surface area contributed by atoms with Gasteiger partial charge in [-0.05, 0) is 12.1 Å². The molecule has 0 atom stereocenters. The van der Waals surface area contributed by atoms with E-state index in [4.69, 9.17) is 5.11 Å². The highest BCUT2D eigenvalue weighted by Gasteiger charge is 2.19. The van der Waals surface area contributed by atoms with Crippen LogP contribution in [0.25, 0.3) is 5.65 Å². The number of carbonyl (C=O) groups is 2. The molecule has 0 unspecified atom stereocenters. The summed E-state index contributed by atoms with van der Waals surface area (Å²) in [7, 11) is 0. The van der Waals surface area contributed by atoms with Crippen molar-refractivity contribution in [2.45, 2.75) is 9.92 Å². The molecule has 3 aromatic rings. The van der Waals surface area contributed by atoms with Gasteiger partial charge in [-0.3, -0.25) is 19.5 Å². The minimum Gasteiger partial charge on any atom is -0.480 e. The first-order valence-electron chi connectivity index (χ1n) is 6.88. The van der Waals surface area contributed by atoms with E-state index < -0.39 is 23.9 Å². The second-order valence-electron chi connectivity index (χ2n) is 4.76. The van der Waals surface area contributed by atoms with E-state index in [2.05, 4.69) is 15.4 Å². The van der Waals surface area contributed by atoms with Gasteiger partial charge in [0.15, 0.2) is 11.1 Å². The summed E-state index contributed by atoms with van der Waals surface area (Å²) < 4.78 is 1.51. The zero-order chi connectivity index (χ0) is 17.1. The standard InChI is InChI=1S/C15H12N4O4S/c20-10-6-11(24-9-4-2-1-3-5-9)19-14(17-8-18-19)13(10)15(23)16-7-12(21)22/h1-6,8H,7H2,(H,16,23)(H,17,18)(H,21,22). The molecule has 9 heteroatoms. The molecule has 8 nitrogen and oxygen atoms in total. The first kappa shape index (κ1) is 15.8. The minimum absolute atomic E-state index is 0.142. The van der Waals surface area contributed by atoms with Crippen molar-refractivity contribution in [2.24, 2.45) is 0 Å². The molecule has 2 aromatic heterocycles. The first-order valence-corrected chi connectivity index (χ1v) is 7.70. The molecule has 0 aliphatic carbocycles. The lowest BCUT2D eigenvalue weighted by molar-refractivity contribution is -0.135. The van der Waals surface area contributed by atoms with Gasteiger partial charge in [-0.1, -0.05) is 30.0 Å². The molecule has 0 aliphatic heterocycles. The number of rotatable bonds is 5. The maximum atomic E-state index is 12.3. The molecule has 1 amide bonds. The summed E-state index contributed by atoms with van der Waals surface area (Å²) >= 11 is 1.34. The summed E-state index contributed by atoms with van der Waals surface area (Å²) in [5, 5.41) is 14.2. The highest BCUT2D eigenvalue weighted by Crippen LogP contribution is 2.26. The van der Waals surface area contributed by atoms with Gasteiger partial charge in [-0.25, -0.2) is 9.50 Å². The van der Waals surface area contributed by atoms with Crippen LogP contribution < -0.4 is 10.7 Å². The van der Waals surface area contributed by atoms with Gasteiger partial charge in [0.25, 0.3) is 5.91 Å². The van der Waals surface area contributed by atoms with E-state index in [-0.39, 0.29) is 11.2 Å². The number of benzene rings is 1. The Kier molecular flexibility index (Phi) is 4.34. The molecule has 2 heterocycles. The molecule has 0 saturated heterocycles. The Hall–Kier alpha value is -3.07. The zero-order valence-electron chi connectivity index (χ0n) is 12.2. The predicted molar refractivity (Wildman–Crippen MR) is 86.3 cm³/mol. The number of H-pyrrole nitrogens is 1. The maximum absolute atomic E-state index is 12.3. The molecule has 3 N–H and O–H groups in total. The number of aromatic nitrogens is 3. The number of amides is 1. The summed E-state index contributed by atoms with van der Waals surface area (Å²) in [6.07, 6.45) is 1.36. The number of hydrogen-bond acceptors (Lipinski definition) is 5. The number of nitrogens with zero attached hydrogens (tertiary/aromatic N) is 2. The number of carbonyl (C=O) groups excluding carboxylic acids is 1. The van der Waals surface area contributed by atoms with Crippen molar-refractivity contribution in [2.75, 3.05) is 6.54 Å². The molecule has 0 saturated carbocycles. The van der Waals surface area contributed by atoms with Gasteiger partial charge in [0.05, 0.1) is 0 Å². The second kappa shape index (κ2) is 6.59. The van der Waals surface area contributed by atoms with Crippen LogP contribution in [0.2, 0.25) is 0 Å². The Labute approximate surface area is 139 Å². The summed E-state index contributed by atoms with van der Waals surface area (Å²) in [6.45, 7) is -0.574. The minimum atomic E-state index is -1.20. The van der Waals surface area contributed by atoms with Gasteiger partial charge in [-0.15, -0.1) is 0 Å². The largest absolute Gasteiger partial charge is 0.480 e. The fourth-order valence-corrected chi connectivity index (χ4v) is 3.04. The van der Waals surface area contributed by atoms with Gasteiger partial charge in [-0.2, -0.15) is 0 Å². The van der Waals surface area contributed by atoms with Crippen LogP contribution in [0.5, 0.6) is 0 Å². The number of hydrogen-bond donors (Lipinski definition) is 3. The normalized spacial score (nSPS) is 10.7. The Morgan fingerprint density at radius 3 is 2.75 bits per heavy atom. The summed E-state index contributed by atoms with van der Waals surface area (Å²) in [6, 6.07) is 10.7. The lowest BCUT2D eigenvalue weighted by Crippen LogP contribution is -2.33. The Morgan fingerprint density at radius 1 is 1.29 bits per heavy atom. The average molecular weight is 344 g/mol. The van der Waals surface area contributed by atoms with Crippen LogP contribution in [0.15, 0.2) is 57.4 Å². The summed E-state index contributed by atoms with van der Waals surface area (Å²) in [5.41, 5.74) is -0.581. The van der Waals surface area contributed by atoms with Crippen molar-refractivity contribution in [3.05, 3.63) is 58.5 Å². The van der Waals surface area contributed by atoms with Crippen LogP contribution in [0.1, 0.15) is 10.4 Å². The third-order valence-electron chi connectivity index (χ3n) is 3.12. The van der Waals surface area contributed by atoms with Gasteiger partial charge >= 0.3 is 5.97 Å². The van der Waals surface area contributed by atoms with E-state index in [1.807, 2.05) is 30.3 Å². The zero-order valence-corrected chi connectivity index (χ0v) is 13.0. The van der Waals surface area contributed by atoms with Gasteiger partial charge in [0, 0.05) is 11.0 Å². The van der Waals surface area contributed by atoms with Crippen LogP contribution in [0.4, 0.5) is 0 Å². The average Bonchev–Trinajstić information content (AvgIpc) is 3.03. The SMILES string of the molecule is O=C(O)CNC(=O)c1c(=O)cc(Sc2ccccc2)n2[nH]cnc12. The van der Waals surface area contributed by atoms with Crippen molar-refractivity contribution in [3.63, 3.8) is 0 Å². The third kappa shape index (κ3) is 3.15. The highest BCUT2D eigenvalue weighted by molar-refractivity contribution is 7.99. The van der Waals surface area contributed by atoms with E-state index in [0.717, 1.165) is 4.90 Å². The molecular weight excluding hydrogens is 332 g/mol. The number of carboxylic acids is 1. The van der Waals surface area contributed by atoms with Crippen LogP contribution in [-0.4, -0.2) is 38.1 Å². The van der Waals surface area contributed by atoms with Crippen molar-refractivity contribution in [3.8, 4) is 0 Å². The molecule has 0 aliphatic rings. The van der Waals surface area contributed by atoms with Crippen LogP contribution in [-0.2, 0) is 4.79 Å². The van der Waals surface area contributed by atoms with Crippen molar-refractivity contribution in [1.82, 2.24) is 19.9 Å². The van der Waals surface area contributed by atoms with Gasteiger partial charge < -0.3 is 10.4 Å². The van der Waals surface area contributed by atoms with Crippen molar-refractivity contribution < 1.29 is 14.7 Å². The summed E-state index contributed by atoms with van der Waals surface area (Å²) in [5.74, 6) is -1.97. The molecule has 122 valence electrons. The number of carboxylic acid groups (broad SMARTS) is 1. The molecule has 0 radical (unpaired) electrons. The van der Waals surface area contributed by atoms with Crippen LogP contribution in [0, 0.1) is 0 Å². The Bertz CT molecular complexity index is 965. The van der Waals surface area contributed by atoms with E-state index in [9.17, 15) is 14.4 Å². The number of pyridine rings is 1. The smallest absolute Gasteiger partial charge is 0.322 e. The fraction of sp³-hybridized carbons (Fsp3) is 0.0667. The molecule has 3 rings (SSSR count).